The standard InChI is InChI=1S/C15H28N4O/c16-6-9-17-7-1-8-18-10-11-19-12-14-2-4-15(13-20)5-3-14/h2-5,17-20H,1,6-13,16H2. The van der Waals surface area contributed by atoms with Gasteiger partial charge in [-0.1, -0.05) is 24.3 Å². The molecule has 0 spiro atoms. The van der Waals surface area contributed by atoms with Gasteiger partial charge in [-0.3, -0.25) is 0 Å². The van der Waals surface area contributed by atoms with Crippen molar-refractivity contribution in [2.24, 2.45) is 5.73 Å². The summed E-state index contributed by atoms with van der Waals surface area (Å²) in [5, 5.41) is 19.0. The Morgan fingerprint density at radius 3 is 2.05 bits per heavy atom. The lowest BCUT2D eigenvalue weighted by atomic mass is 10.1. The quantitative estimate of drug-likeness (QED) is 0.343. The highest BCUT2D eigenvalue weighted by Crippen LogP contribution is 2.03. The van der Waals surface area contributed by atoms with Gasteiger partial charge in [0, 0.05) is 32.7 Å². The Hall–Kier alpha value is -0.980. The normalized spacial score (nSPS) is 10.9. The van der Waals surface area contributed by atoms with Crippen molar-refractivity contribution in [1.29, 1.82) is 0 Å². The van der Waals surface area contributed by atoms with E-state index in [2.05, 4.69) is 28.1 Å². The number of rotatable bonds is 12. The molecular weight excluding hydrogens is 252 g/mol. The van der Waals surface area contributed by atoms with Crippen molar-refractivity contribution in [2.45, 2.75) is 19.6 Å². The molecule has 1 rings (SSSR count). The van der Waals surface area contributed by atoms with E-state index in [9.17, 15) is 0 Å². The number of hydrogen-bond donors (Lipinski definition) is 5. The van der Waals surface area contributed by atoms with Gasteiger partial charge < -0.3 is 26.8 Å². The fourth-order valence-electron chi connectivity index (χ4n) is 1.86. The van der Waals surface area contributed by atoms with Crippen LogP contribution < -0.4 is 21.7 Å². The average molecular weight is 280 g/mol. The highest BCUT2D eigenvalue weighted by Gasteiger charge is 1.94. The number of nitrogens with two attached hydrogens (primary N) is 1. The molecule has 6 N–H and O–H groups in total. The summed E-state index contributed by atoms with van der Waals surface area (Å²) in [5.74, 6) is 0. The Kier molecular flexibility index (Phi) is 10.1. The average Bonchev–Trinajstić information content (AvgIpc) is 2.50. The molecule has 0 radical (unpaired) electrons. The number of nitrogens with one attached hydrogen (secondary N) is 3. The third kappa shape index (κ3) is 8.24. The van der Waals surface area contributed by atoms with E-state index >= 15 is 0 Å². The summed E-state index contributed by atoms with van der Waals surface area (Å²) in [5.41, 5.74) is 7.59. The van der Waals surface area contributed by atoms with E-state index in [1.54, 1.807) is 0 Å². The van der Waals surface area contributed by atoms with E-state index in [0.717, 1.165) is 51.3 Å². The van der Waals surface area contributed by atoms with Crippen LogP contribution >= 0.6 is 0 Å². The predicted molar refractivity (Wildman–Crippen MR) is 83.5 cm³/mol. The second-order valence-corrected chi connectivity index (χ2v) is 4.79. The Balaban J connectivity index is 1.91. The summed E-state index contributed by atoms with van der Waals surface area (Å²) in [7, 11) is 0. The van der Waals surface area contributed by atoms with Crippen molar-refractivity contribution in [3.05, 3.63) is 35.4 Å². The zero-order chi connectivity index (χ0) is 14.5. The van der Waals surface area contributed by atoms with E-state index in [1.165, 1.54) is 5.56 Å². The molecule has 114 valence electrons. The van der Waals surface area contributed by atoms with Crippen LogP contribution in [0.4, 0.5) is 0 Å². The van der Waals surface area contributed by atoms with E-state index in [0.29, 0.717) is 6.54 Å². The minimum absolute atomic E-state index is 0.109. The van der Waals surface area contributed by atoms with Gasteiger partial charge in [0.2, 0.25) is 0 Å². The molecule has 20 heavy (non-hydrogen) atoms. The van der Waals surface area contributed by atoms with Gasteiger partial charge >= 0.3 is 0 Å². The predicted octanol–water partition coefficient (Wildman–Crippen LogP) is -0.203. The lowest BCUT2D eigenvalue weighted by molar-refractivity contribution is 0.282. The molecule has 0 atom stereocenters. The Labute approximate surface area is 121 Å². The van der Waals surface area contributed by atoms with Crippen LogP contribution in [0.1, 0.15) is 17.5 Å². The highest BCUT2D eigenvalue weighted by atomic mass is 16.3. The molecule has 0 aliphatic carbocycles. The lowest BCUT2D eigenvalue weighted by Crippen LogP contribution is -2.30. The molecule has 0 heterocycles. The Bertz CT molecular complexity index is 329. The van der Waals surface area contributed by atoms with Gasteiger partial charge in [-0.05, 0) is 30.6 Å². The second-order valence-electron chi connectivity index (χ2n) is 4.79. The summed E-state index contributed by atoms with van der Waals surface area (Å²) < 4.78 is 0. The molecule has 0 saturated heterocycles. The first-order valence-electron chi connectivity index (χ1n) is 7.37. The largest absolute Gasteiger partial charge is 0.392 e. The Morgan fingerprint density at radius 2 is 1.40 bits per heavy atom. The van der Waals surface area contributed by atoms with Crippen LogP contribution in [0.15, 0.2) is 24.3 Å². The maximum Gasteiger partial charge on any atom is 0.0681 e. The maximum absolute atomic E-state index is 8.96. The summed E-state index contributed by atoms with van der Waals surface area (Å²) in [6.07, 6.45) is 1.13. The number of aliphatic hydroxyl groups is 1. The van der Waals surface area contributed by atoms with E-state index in [4.69, 9.17) is 10.8 Å². The van der Waals surface area contributed by atoms with Crippen LogP contribution in [0.3, 0.4) is 0 Å². The van der Waals surface area contributed by atoms with Gasteiger partial charge in [-0.2, -0.15) is 0 Å². The van der Waals surface area contributed by atoms with Crippen molar-refractivity contribution in [3.8, 4) is 0 Å². The molecule has 0 fully saturated rings. The van der Waals surface area contributed by atoms with Crippen molar-refractivity contribution in [2.75, 3.05) is 39.3 Å². The molecule has 1 aromatic carbocycles. The first kappa shape index (κ1) is 17.1. The zero-order valence-electron chi connectivity index (χ0n) is 12.2. The van der Waals surface area contributed by atoms with Crippen molar-refractivity contribution >= 4 is 0 Å². The molecule has 0 unspecified atom stereocenters. The van der Waals surface area contributed by atoms with Crippen LogP contribution in [0.2, 0.25) is 0 Å². The van der Waals surface area contributed by atoms with E-state index in [-0.39, 0.29) is 6.61 Å². The van der Waals surface area contributed by atoms with Crippen LogP contribution in [0, 0.1) is 0 Å². The smallest absolute Gasteiger partial charge is 0.0681 e. The number of aliphatic hydroxyl groups excluding tert-OH is 1. The van der Waals surface area contributed by atoms with Crippen LogP contribution in [-0.2, 0) is 13.2 Å². The van der Waals surface area contributed by atoms with Crippen LogP contribution in [0.5, 0.6) is 0 Å². The highest BCUT2D eigenvalue weighted by molar-refractivity contribution is 5.21. The summed E-state index contributed by atoms with van der Waals surface area (Å²) >= 11 is 0. The first-order chi connectivity index (χ1) is 9.86. The molecular formula is C15H28N4O. The van der Waals surface area contributed by atoms with E-state index in [1.807, 2.05) is 12.1 Å². The summed E-state index contributed by atoms with van der Waals surface area (Å²) in [4.78, 5) is 0. The minimum atomic E-state index is 0.109. The van der Waals surface area contributed by atoms with Gasteiger partial charge in [0.1, 0.15) is 0 Å². The molecule has 0 aromatic heterocycles. The number of benzene rings is 1. The molecule has 5 heteroatoms. The Morgan fingerprint density at radius 1 is 0.800 bits per heavy atom. The lowest BCUT2D eigenvalue weighted by Gasteiger charge is -2.07. The summed E-state index contributed by atoms with van der Waals surface area (Å²) in [6, 6.07) is 8.03. The van der Waals surface area contributed by atoms with Crippen molar-refractivity contribution in [3.63, 3.8) is 0 Å². The molecule has 0 aliphatic heterocycles. The topological polar surface area (TPSA) is 82.3 Å². The van der Waals surface area contributed by atoms with E-state index < -0.39 is 0 Å². The molecule has 0 saturated carbocycles. The number of hydrogen-bond acceptors (Lipinski definition) is 5. The third-order valence-corrected chi connectivity index (χ3v) is 3.04. The van der Waals surface area contributed by atoms with Gasteiger partial charge in [0.05, 0.1) is 6.61 Å². The van der Waals surface area contributed by atoms with Crippen LogP contribution in [0.25, 0.3) is 0 Å². The first-order valence-corrected chi connectivity index (χ1v) is 7.37. The molecule has 5 nitrogen and oxygen atoms in total. The van der Waals surface area contributed by atoms with Crippen molar-refractivity contribution in [1.82, 2.24) is 16.0 Å². The maximum atomic E-state index is 8.96. The molecule has 0 aliphatic rings. The fraction of sp³-hybridized carbons (Fsp3) is 0.600. The molecule has 0 bridgehead atoms. The molecule has 1 aromatic rings. The van der Waals surface area contributed by atoms with Gasteiger partial charge in [-0.15, -0.1) is 0 Å². The third-order valence-electron chi connectivity index (χ3n) is 3.04. The van der Waals surface area contributed by atoms with Gasteiger partial charge in [0.15, 0.2) is 0 Å². The van der Waals surface area contributed by atoms with Crippen LogP contribution in [-0.4, -0.2) is 44.4 Å². The zero-order valence-corrected chi connectivity index (χ0v) is 12.2. The molecule has 0 amide bonds. The fourth-order valence-corrected chi connectivity index (χ4v) is 1.86. The monoisotopic (exact) mass is 280 g/mol. The van der Waals surface area contributed by atoms with Gasteiger partial charge in [-0.25, -0.2) is 0 Å². The SMILES string of the molecule is NCCNCCCNCCNCc1ccc(CO)cc1. The second kappa shape index (κ2) is 11.8. The summed E-state index contributed by atoms with van der Waals surface area (Å²) in [6.45, 7) is 6.57. The van der Waals surface area contributed by atoms with Gasteiger partial charge in [0.25, 0.3) is 0 Å². The minimum Gasteiger partial charge on any atom is -0.392 e. The van der Waals surface area contributed by atoms with Crippen molar-refractivity contribution < 1.29 is 5.11 Å².